The van der Waals surface area contributed by atoms with Crippen molar-refractivity contribution in [1.29, 1.82) is 0 Å². The molecule has 3 heteroatoms. The number of hydrogen-bond acceptors (Lipinski definition) is 2. The monoisotopic (exact) mass is 227 g/mol. The van der Waals surface area contributed by atoms with Crippen molar-refractivity contribution in [3.05, 3.63) is 36.0 Å². The van der Waals surface area contributed by atoms with E-state index in [1.807, 2.05) is 36.1 Å². The maximum absolute atomic E-state index is 5.90. The van der Waals surface area contributed by atoms with Gasteiger partial charge >= 0.3 is 0 Å². The minimum absolute atomic E-state index is 0.334. The third kappa shape index (κ3) is 1.71. The molecule has 1 aromatic carbocycles. The second-order valence-corrected chi connectivity index (χ2v) is 5.24. The number of anilines is 1. The quantitative estimate of drug-likeness (QED) is 0.802. The van der Waals surface area contributed by atoms with Gasteiger partial charge in [-0.2, -0.15) is 5.10 Å². The largest absolute Gasteiger partial charge is 0.399 e. The molecule has 2 aromatic rings. The summed E-state index contributed by atoms with van der Waals surface area (Å²) in [6, 6.07) is 8.24. The van der Waals surface area contributed by atoms with Crippen molar-refractivity contribution >= 4 is 5.69 Å². The first kappa shape index (κ1) is 10.4. The summed E-state index contributed by atoms with van der Waals surface area (Å²) in [5.74, 6) is 0. The van der Waals surface area contributed by atoms with Gasteiger partial charge in [0.2, 0.25) is 0 Å². The molecule has 3 nitrogen and oxygen atoms in total. The van der Waals surface area contributed by atoms with Gasteiger partial charge in [0.05, 0.1) is 5.69 Å². The molecule has 0 bridgehead atoms. The smallest absolute Gasteiger partial charge is 0.0926 e. The number of nitrogens with two attached hydrogens (primary N) is 1. The van der Waals surface area contributed by atoms with Crippen LogP contribution in [-0.4, -0.2) is 9.78 Å². The molecule has 1 aliphatic rings. The first-order valence-electron chi connectivity index (χ1n) is 5.98. The van der Waals surface area contributed by atoms with Crippen LogP contribution in [0.2, 0.25) is 0 Å². The van der Waals surface area contributed by atoms with Gasteiger partial charge in [0.25, 0.3) is 0 Å². The lowest BCUT2D eigenvalue weighted by Crippen LogP contribution is -2.04. The number of benzene rings is 1. The third-order valence-corrected chi connectivity index (χ3v) is 3.68. The summed E-state index contributed by atoms with van der Waals surface area (Å²) in [5.41, 5.74) is 10.6. The second kappa shape index (κ2) is 3.36. The molecule has 3 rings (SSSR count). The number of aryl methyl sites for hydroxylation is 1. The van der Waals surface area contributed by atoms with Gasteiger partial charge in [0, 0.05) is 24.5 Å². The summed E-state index contributed by atoms with van der Waals surface area (Å²) in [6.45, 7) is 2.31. The van der Waals surface area contributed by atoms with E-state index in [2.05, 4.69) is 18.1 Å². The van der Waals surface area contributed by atoms with Gasteiger partial charge in [-0.25, -0.2) is 0 Å². The molecule has 17 heavy (non-hydrogen) atoms. The predicted molar refractivity (Wildman–Crippen MR) is 69.6 cm³/mol. The molecule has 0 aliphatic heterocycles. The van der Waals surface area contributed by atoms with Gasteiger partial charge in [-0.15, -0.1) is 0 Å². The summed E-state index contributed by atoms with van der Waals surface area (Å²) in [5, 5.41) is 4.49. The molecule has 1 heterocycles. The molecule has 0 atom stereocenters. The minimum Gasteiger partial charge on any atom is -0.399 e. The van der Waals surface area contributed by atoms with Crippen LogP contribution >= 0.6 is 0 Å². The number of hydrogen-bond donors (Lipinski definition) is 1. The Balaban J connectivity index is 2.17. The topological polar surface area (TPSA) is 43.8 Å². The van der Waals surface area contributed by atoms with Crippen LogP contribution in [0.5, 0.6) is 0 Å². The molecule has 2 N–H and O–H groups in total. The van der Waals surface area contributed by atoms with Crippen molar-refractivity contribution < 1.29 is 0 Å². The molecule has 0 radical (unpaired) electrons. The van der Waals surface area contributed by atoms with Crippen molar-refractivity contribution in [2.75, 3.05) is 5.73 Å². The standard InChI is InChI=1S/C14H17N3/c1-14(6-7-14)12-4-3-10(15)9-11(12)13-5-8-17(2)16-13/h3-5,8-9H,6-7,15H2,1-2H3. The average molecular weight is 227 g/mol. The van der Waals surface area contributed by atoms with E-state index in [9.17, 15) is 0 Å². The van der Waals surface area contributed by atoms with E-state index in [0.29, 0.717) is 5.41 Å². The highest BCUT2D eigenvalue weighted by Gasteiger charge is 2.40. The lowest BCUT2D eigenvalue weighted by molar-refractivity contribution is 0.764. The summed E-state index contributed by atoms with van der Waals surface area (Å²) in [6.07, 6.45) is 4.49. The first-order valence-corrected chi connectivity index (χ1v) is 5.98. The summed E-state index contributed by atoms with van der Waals surface area (Å²) in [4.78, 5) is 0. The predicted octanol–water partition coefficient (Wildman–Crippen LogP) is 2.72. The van der Waals surface area contributed by atoms with Gasteiger partial charge in [-0.05, 0) is 42.0 Å². The summed E-state index contributed by atoms with van der Waals surface area (Å²) < 4.78 is 1.83. The van der Waals surface area contributed by atoms with Gasteiger partial charge in [-0.1, -0.05) is 13.0 Å². The zero-order chi connectivity index (χ0) is 12.0. The van der Waals surface area contributed by atoms with E-state index in [1.165, 1.54) is 24.0 Å². The Labute approximate surface area is 101 Å². The van der Waals surface area contributed by atoms with E-state index in [4.69, 9.17) is 5.73 Å². The number of aromatic nitrogens is 2. The molecule has 1 fully saturated rings. The van der Waals surface area contributed by atoms with Gasteiger partial charge in [0.1, 0.15) is 0 Å². The summed E-state index contributed by atoms with van der Waals surface area (Å²) in [7, 11) is 1.94. The Morgan fingerprint density at radius 2 is 2.06 bits per heavy atom. The lowest BCUT2D eigenvalue weighted by Gasteiger charge is -2.14. The molecule has 1 saturated carbocycles. The Hall–Kier alpha value is -1.77. The first-order chi connectivity index (χ1) is 8.08. The van der Waals surface area contributed by atoms with Crippen LogP contribution in [0.3, 0.4) is 0 Å². The fourth-order valence-electron chi connectivity index (χ4n) is 2.32. The number of rotatable bonds is 2. The van der Waals surface area contributed by atoms with Gasteiger partial charge < -0.3 is 5.73 Å². The second-order valence-electron chi connectivity index (χ2n) is 5.24. The van der Waals surface area contributed by atoms with E-state index in [-0.39, 0.29) is 0 Å². The molecular formula is C14H17N3. The van der Waals surface area contributed by atoms with E-state index >= 15 is 0 Å². The van der Waals surface area contributed by atoms with E-state index in [0.717, 1.165) is 11.4 Å². The maximum atomic E-state index is 5.90. The Morgan fingerprint density at radius 1 is 1.29 bits per heavy atom. The highest BCUT2D eigenvalue weighted by molar-refractivity contribution is 5.70. The van der Waals surface area contributed by atoms with Crippen LogP contribution < -0.4 is 5.73 Å². The van der Waals surface area contributed by atoms with Crippen LogP contribution in [0.1, 0.15) is 25.3 Å². The average Bonchev–Trinajstić information content (AvgIpc) is 2.88. The maximum Gasteiger partial charge on any atom is 0.0926 e. The van der Waals surface area contributed by atoms with Crippen molar-refractivity contribution in [2.24, 2.45) is 7.05 Å². The van der Waals surface area contributed by atoms with Gasteiger partial charge in [-0.3, -0.25) is 4.68 Å². The minimum atomic E-state index is 0.334. The van der Waals surface area contributed by atoms with Crippen LogP contribution in [0.15, 0.2) is 30.5 Å². The zero-order valence-electron chi connectivity index (χ0n) is 10.3. The molecule has 0 unspecified atom stereocenters. The SMILES string of the molecule is Cn1ccc(-c2cc(N)ccc2C2(C)CC2)n1. The Kier molecular flexibility index (Phi) is 2.05. The number of nitrogens with zero attached hydrogens (tertiary/aromatic N) is 2. The van der Waals surface area contributed by atoms with Gasteiger partial charge in [0.15, 0.2) is 0 Å². The van der Waals surface area contributed by atoms with E-state index < -0.39 is 0 Å². The fourth-order valence-corrected chi connectivity index (χ4v) is 2.32. The molecule has 88 valence electrons. The van der Waals surface area contributed by atoms with Crippen LogP contribution in [0, 0.1) is 0 Å². The molecule has 0 saturated heterocycles. The highest BCUT2D eigenvalue weighted by Crippen LogP contribution is 2.50. The highest BCUT2D eigenvalue weighted by atomic mass is 15.2. The molecule has 0 amide bonds. The van der Waals surface area contributed by atoms with Crippen molar-refractivity contribution in [1.82, 2.24) is 9.78 Å². The molecular weight excluding hydrogens is 210 g/mol. The van der Waals surface area contributed by atoms with Crippen LogP contribution in [-0.2, 0) is 12.5 Å². The normalized spacial score (nSPS) is 17.1. The molecule has 1 aromatic heterocycles. The van der Waals surface area contributed by atoms with Crippen molar-refractivity contribution in [2.45, 2.75) is 25.2 Å². The number of nitrogen functional groups attached to an aromatic ring is 1. The van der Waals surface area contributed by atoms with Crippen molar-refractivity contribution in [3.63, 3.8) is 0 Å². The lowest BCUT2D eigenvalue weighted by atomic mass is 9.91. The Bertz CT molecular complexity index is 565. The zero-order valence-corrected chi connectivity index (χ0v) is 10.3. The fraction of sp³-hybridized carbons (Fsp3) is 0.357. The third-order valence-electron chi connectivity index (χ3n) is 3.68. The van der Waals surface area contributed by atoms with Crippen LogP contribution in [0.25, 0.3) is 11.3 Å². The summed E-state index contributed by atoms with van der Waals surface area (Å²) >= 11 is 0. The van der Waals surface area contributed by atoms with Crippen molar-refractivity contribution in [3.8, 4) is 11.3 Å². The van der Waals surface area contributed by atoms with Crippen LogP contribution in [0.4, 0.5) is 5.69 Å². The molecule has 0 spiro atoms. The van der Waals surface area contributed by atoms with E-state index in [1.54, 1.807) is 0 Å². The Morgan fingerprint density at radius 3 is 2.65 bits per heavy atom. The molecule has 1 aliphatic carbocycles.